The third-order valence-corrected chi connectivity index (χ3v) is 6.70. The summed E-state index contributed by atoms with van der Waals surface area (Å²) in [6.45, 7) is 3.88. The molecule has 8 heteroatoms. The maximum absolute atomic E-state index is 12.7. The molecule has 1 saturated heterocycles. The van der Waals surface area contributed by atoms with Crippen LogP contribution < -0.4 is 0 Å². The van der Waals surface area contributed by atoms with E-state index in [0.717, 1.165) is 17.7 Å². The number of ether oxygens (including phenoxy) is 1. The topological polar surface area (TPSA) is 84.0 Å². The van der Waals surface area contributed by atoms with Crippen molar-refractivity contribution in [2.45, 2.75) is 19.8 Å². The Morgan fingerprint density at radius 1 is 1.15 bits per heavy atom. The van der Waals surface area contributed by atoms with E-state index in [4.69, 9.17) is 4.74 Å². The van der Waals surface area contributed by atoms with Gasteiger partial charge in [0, 0.05) is 26.2 Å². The third-order valence-electron chi connectivity index (χ3n) is 4.88. The molecule has 26 heavy (non-hydrogen) atoms. The van der Waals surface area contributed by atoms with Crippen LogP contribution >= 0.6 is 0 Å². The summed E-state index contributed by atoms with van der Waals surface area (Å²) in [5.74, 6) is -0.903. The van der Waals surface area contributed by atoms with E-state index in [1.165, 1.54) is 4.31 Å². The van der Waals surface area contributed by atoms with Crippen LogP contribution in [0.5, 0.6) is 0 Å². The summed E-state index contributed by atoms with van der Waals surface area (Å²) < 4.78 is 32.3. The van der Waals surface area contributed by atoms with Gasteiger partial charge in [-0.05, 0) is 37.8 Å². The summed E-state index contributed by atoms with van der Waals surface area (Å²) in [4.78, 5) is 25.7. The second-order valence-corrected chi connectivity index (χ2v) is 8.74. The van der Waals surface area contributed by atoms with Crippen molar-refractivity contribution in [2.75, 3.05) is 38.6 Å². The third kappa shape index (κ3) is 3.82. The molecule has 0 saturated carbocycles. The molecule has 2 aliphatic heterocycles. The average molecular weight is 380 g/mol. The summed E-state index contributed by atoms with van der Waals surface area (Å²) >= 11 is 0. The molecule has 1 unspecified atom stereocenters. The van der Waals surface area contributed by atoms with Crippen LogP contribution in [0.4, 0.5) is 0 Å². The Hall–Kier alpha value is -1.77. The first kappa shape index (κ1) is 19.0. The zero-order valence-electron chi connectivity index (χ0n) is 14.9. The van der Waals surface area contributed by atoms with Crippen LogP contribution in [-0.2, 0) is 14.8 Å². The maximum atomic E-state index is 12.7. The van der Waals surface area contributed by atoms with Gasteiger partial charge in [-0.2, -0.15) is 0 Å². The van der Waals surface area contributed by atoms with E-state index in [2.05, 4.69) is 0 Å². The van der Waals surface area contributed by atoms with E-state index in [1.54, 1.807) is 24.3 Å². The molecule has 1 aromatic rings. The Morgan fingerprint density at radius 2 is 1.81 bits per heavy atom. The number of imide groups is 1. The Morgan fingerprint density at radius 3 is 2.42 bits per heavy atom. The quantitative estimate of drug-likeness (QED) is 0.667. The molecule has 0 radical (unpaired) electrons. The van der Waals surface area contributed by atoms with Crippen molar-refractivity contribution in [3.8, 4) is 0 Å². The second-order valence-electron chi connectivity index (χ2n) is 6.65. The number of carbonyl (C=O) groups is 2. The minimum absolute atomic E-state index is 0.124. The van der Waals surface area contributed by atoms with Gasteiger partial charge in [0.1, 0.15) is 0 Å². The molecule has 2 heterocycles. The lowest BCUT2D eigenvalue weighted by Crippen LogP contribution is -2.44. The molecule has 3 rings (SSSR count). The minimum Gasteiger partial charge on any atom is -0.381 e. The first-order valence-corrected chi connectivity index (χ1v) is 10.6. The van der Waals surface area contributed by atoms with Crippen LogP contribution in [0.1, 0.15) is 40.5 Å². The molecule has 0 spiro atoms. The van der Waals surface area contributed by atoms with Crippen molar-refractivity contribution in [1.29, 1.82) is 0 Å². The molecule has 0 N–H and O–H groups in total. The van der Waals surface area contributed by atoms with Gasteiger partial charge in [0.2, 0.25) is 10.0 Å². The molecule has 0 bridgehead atoms. The number of nitrogens with zero attached hydrogens (tertiary/aromatic N) is 2. The number of benzene rings is 1. The predicted octanol–water partition coefficient (Wildman–Crippen LogP) is 1.36. The molecule has 1 aromatic carbocycles. The zero-order valence-corrected chi connectivity index (χ0v) is 15.7. The highest BCUT2D eigenvalue weighted by atomic mass is 32.2. The number of piperidine rings is 1. The number of amides is 2. The van der Waals surface area contributed by atoms with Gasteiger partial charge in [-0.25, -0.2) is 12.7 Å². The van der Waals surface area contributed by atoms with Crippen molar-refractivity contribution in [1.82, 2.24) is 9.21 Å². The molecule has 142 valence electrons. The summed E-state index contributed by atoms with van der Waals surface area (Å²) in [6.07, 6.45) is 1.74. The number of fused-ring (bicyclic) bond motifs is 1. The number of sulfonamides is 1. The van der Waals surface area contributed by atoms with E-state index < -0.39 is 21.8 Å². The molecular formula is C18H24N2O5S. The number of rotatable bonds is 7. The average Bonchev–Trinajstić information content (AvgIpc) is 2.89. The monoisotopic (exact) mass is 380 g/mol. The van der Waals surface area contributed by atoms with Crippen molar-refractivity contribution in [3.63, 3.8) is 0 Å². The standard InChI is InChI=1S/C18H24N2O5S/c1-2-25-13-14-6-5-9-19(12-14)26(23,24)11-10-20-17(21)15-7-3-4-8-16(15)18(20)22/h3-4,7-8,14H,2,5-6,9-13H2,1H3. The summed E-state index contributed by atoms with van der Waals surface area (Å²) in [6, 6.07) is 6.56. The predicted molar refractivity (Wildman–Crippen MR) is 96.4 cm³/mol. The van der Waals surface area contributed by atoms with E-state index in [9.17, 15) is 18.0 Å². The highest BCUT2D eigenvalue weighted by Crippen LogP contribution is 2.23. The van der Waals surface area contributed by atoms with Crippen molar-refractivity contribution < 1.29 is 22.7 Å². The SMILES string of the molecule is CCOCC1CCCN(S(=O)(=O)CCN2C(=O)c3ccccc3C2=O)C1. The van der Waals surface area contributed by atoms with Crippen LogP contribution in [0.2, 0.25) is 0 Å². The Kier molecular flexibility index (Phi) is 5.74. The molecule has 1 atom stereocenters. The van der Waals surface area contributed by atoms with Gasteiger partial charge in [0.15, 0.2) is 0 Å². The zero-order chi connectivity index (χ0) is 18.7. The summed E-state index contributed by atoms with van der Waals surface area (Å²) in [5.41, 5.74) is 0.675. The number of carbonyl (C=O) groups excluding carboxylic acids is 2. The van der Waals surface area contributed by atoms with Gasteiger partial charge >= 0.3 is 0 Å². The Balaban J connectivity index is 1.62. The molecular weight excluding hydrogens is 356 g/mol. The first-order valence-electron chi connectivity index (χ1n) is 8.95. The maximum Gasteiger partial charge on any atom is 0.261 e. The van der Waals surface area contributed by atoms with Crippen LogP contribution in [0.3, 0.4) is 0 Å². The van der Waals surface area contributed by atoms with E-state index in [-0.39, 0.29) is 18.2 Å². The van der Waals surface area contributed by atoms with Gasteiger partial charge in [-0.1, -0.05) is 12.1 Å². The van der Waals surface area contributed by atoms with Gasteiger partial charge < -0.3 is 4.74 Å². The molecule has 1 fully saturated rings. The smallest absolute Gasteiger partial charge is 0.261 e. The molecule has 2 amide bonds. The highest BCUT2D eigenvalue weighted by molar-refractivity contribution is 7.89. The lowest BCUT2D eigenvalue weighted by molar-refractivity contribution is 0.0663. The van der Waals surface area contributed by atoms with Crippen LogP contribution in [0.15, 0.2) is 24.3 Å². The Labute approximate surface area is 154 Å². The van der Waals surface area contributed by atoms with E-state index in [0.29, 0.717) is 37.4 Å². The van der Waals surface area contributed by atoms with Crippen LogP contribution in [0, 0.1) is 5.92 Å². The van der Waals surface area contributed by atoms with Crippen LogP contribution in [-0.4, -0.2) is 68.0 Å². The molecule has 0 aromatic heterocycles. The fourth-order valence-electron chi connectivity index (χ4n) is 3.48. The van der Waals surface area contributed by atoms with E-state index >= 15 is 0 Å². The minimum atomic E-state index is -3.53. The van der Waals surface area contributed by atoms with Gasteiger partial charge in [-0.3, -0.25) is 14.5 Å². The Bertz CT molecular complexity index is 758. The number of hydrogen-bond donors (Lipinski definition) is 0. The normalized spacial score (nSPS) is 21.3. The van der Waals surface area contributed by atoms with Gasteiger partial charge in [-0.15, -0.1) is 0 Å². The van der Waals surface area contributed by atoms with Crippen molar-refractivity contribution in [3.05, 3.63) is 35.4 Å². The van der Waals surface area contributed by atoms with Gasteiger partial charge in [0.05, 0.1) is 23.5 Å². The highest BCUT2D eigenvalue weighted by Gasteiger charge is 2.37. The molecule has 2 aliphatic rings. The molecule has 7 nitrogen and oxygen atoms in total. The summed E-state index contributed by atoms with van der Waals surface area (Å²) in [7, 11) is -3.53. The van der Waals surface area contributed by atoms with Crippen molar-refractivity contribution in [2.24, 2.45) is 5.92 Å². The first-order chi connectivity index (χ1) is 12.4. The summed E-state index contributed by atoms with van der Waals surface area (Å²) in [5, 5.41) is 0. The second kappa shape index (κ2) is 7.85. The number of hydrogen-bond acceptors (Lipinski definition) is 5. The lowest BCUT2D eigenvalue weighted by atomic mass is 10.0. The largest absolute Gasteiger partial charge is 0.381 e. The van der Waals surface area contributed by atoms with Crippen LogP contribution in [0.25, 0.3) is 0 Å². The molecule has 0 aliphatic carbocycles. The fourth-order valence-corrected chi connectivity index (χ4v) is 4.99. The fraction of sp³-hybridized carbons (Fsp3) is 0.556. The van der Waals surface area contributed by atoms with Gasteiger partial charge in [0.25, 0.3) is 11.8 Å². The lowest BCUT2D eigenvalue weighted by Gasteiger charge is -2.32. The van der Waals surface area contributed by atoms with Crippen molar-refractivity contribution >= 4 is 21.8 Å². The van der Waals surface area contributed by atoms with E-state index in [1.807, 2.05) is 6.92 Å².